The zero-order chi connectivity index (χ0) is 30.0. The molecule has 1 aromatic heterocycles. The molecule has 216 valence electrons. The van der Waals surface area contributed by atoms with Crippen LogP contribution in [0, 0.1) is 5.41 Å². The molecule has 1 atom stereocenters. The predicted octanol–water partition coefficient (Wildman–Crippen LogP) is 5.56. The van der Waals surface area contributed by atoms with Crippen molar-refractivity contribution in [1.29, 1.82) is 5.41 Å². The van der Waals surface area contributed by atoms with Gasteiger partial charge in [0.2, 0.25) is 0 Å². The van der Waals surface area contributed by atoms with Crippen LogP contribution in [-0.4, -0.2) is 60.0 Å². The number of likely N-dealkylation sites (N-methyl/N-ethyl adjacent to an activating group) is 1. The van der Waals surface area contributed by atoms with Crippen molar-refractivity contribution in [2.45, 2.75) is 45.1 Å². The molecule has 0 spiro atoms. The third kappa shape index (κ3) is 6.72. The molecule has 0 saturated heterocycles. The molecule has 0 saturated carbocycles. The second kappa shape index (κ2) is 14.4. The highest BCUT2D eigenvalue weighted by atomic mass is 16.5. The number of aromatic nitrogens is 2. The van der Waals surface area contributed by atoms with Gasteiger partial charge in [-0.2, -0.15) is 5.10 Å². The van der Waals surface area contributed by atoms with Gasteiger partial charge in [0.1, 0.15) is 12.1 Å². The minimum absolute atomic E-state index is 0.00542. The molecule has 8 heteroatoms. The second-order valence-electron chi connectivity index (χ2n) is 9.91. The van der Waals surface area contributed by atoms with Crippen molar-refractivity contribution in [2.75, 3.05) is 27.2 Å². The molecule has 2 aromatic rings. The summed E-state index contributed by atoms with van der Waals surface area (Å²) in [7, 11) is 3.54. The molecule has 0 fully saturated rings. The minimum atomic E-state index is -0.831. The lowest BCUT2D eigenvalue weighted by Gasteiger charge is -2.39. The van der Waals surface area contributed by atoms with Crippen LogP contribution in [0.15, 0.2) is 96.3 Å². The largest absolute Gasteiger partial charge is 0.501 e. The number of hydrogen-bond donors (Lipinski definition) is 2. The highest BCUT2D eigenvalue weighted by Gasteiger charge is 2.43. The number of amides is 1. The lowest BCUT2D eigenvalue weighted by Crippen LogP contribution is -2.53. The van der Waals surface area contributed by atoms with Crippen LogP contribution in [0.2, 0.25) is 0 Å². The fourth-order valence-electron chi connectivity index (χ4n) is 5.29. The molecule has 0 radical (unpaired) electrons. The standard InChI is InChI=1S/C31H37N5O2.C2H4O/c1-6-8-15-29(32)36-28(19-27(34-36)23-13-10-9-11-14-23)31(33-4,22(3)12-7-2)21-35-20-24-16-17-25(38-5)18-26(24)30(35)37;1-2-3/h6,8-11,13-15,18-19,32-33H,1,3,7,12,16-17,20-21H2,2,4-5H3;2H,1H3/b15-8-,32-29?;/t31-;/m1./s1. The highest BCUT2D eigenvalue weighted by molar-refractivity contribution is 6.00. The average Bonchev–Trinajstić information content (AvgIpc) is 3.57. The Morgan fingerprint density at radius 1 is 1.27 bits per heavy atom. The second-order valence-corrected chi connectivity index (χ2v) is 9.91. The minimum Gasteiger partial charge on any atom is -0.501 e. The van der Waals surface area contributed by atoms with Crippen LogP contribution >= 0.6 is 0 Å². The van der Waals surface area contributed by atoms with Gasteiger partial charge < -0.3 is 19.7 Å². The van der Waals surface area contributed by atoms with Crippen LogP contribution in [0.3, 0.4) is 0 Å². The van der Waals surface area contributed by atoms with Crippen molar-refractivity contribution in [2.24, 2.45) is 0 Å². The van der Waals surface area contributed by atoms with Gasteiger partial charge in [0, 0.05) is 30.6 Å². The van der Waals surface area contributed by atoms with E-state index >= 15 is 0 Å². The monoisotopic (exact) mass is 555 g/mol. The van der Waals surface area contributed by atoms with E-state index in [1.165, 1.54) is 6.92 Å². The van der Waals surface area contributed by atoms with Gasteiger partial charge in [0.25, 0.3) is 5.91 Å². The molecule has 1 aliphatic carbocycles. The summed E-state index contributed by atoms with van der Waals surface area (Å²) in [5.74, 6) is 1.03. The number of nitrogens with zero attached hydrogens (tertiary/aromatic N) is 3. The van der Waals surface area contributed by atoms with E-state index in [0.717, 1.165) is 71.4 Å². The molecule has 4 rings (SSSR count). The molecule has 1 amide bonds. The topological polar surface area (TPSA) is 100 Å². The summed E-state index contributed by atoms with van der Waals surface area (Å²) in [6.07, 6.45) is 10.9. The van der Waals surface area contributed by atoms with Gasteiger partial charge in [-0.15, -0.1) is 0 Å². The Balaban J connectivity index is 0.00000147. The van der Waals surface area contributed by atoms with Crippen molar-refractivity contribution in [3.8, 4) is 11.3 Å². The third-order valence-corrected chi connectivity index (χ3v) is 7.37. The molecule has 8 nitrogen and oxygen atoms in total. The van der Waals surface area contributed by atoms with E-state index in [-0.39, 0.29) is 11.7 Å². The van der Waals surface area contributed by atoms with Crippen LogP contribution in [0.1, 0.15) is 45.2 Å². The average molecular weight is 556 g/mol. The maximum Gasteiger partial charge on any atom is 0.254 e. The van der Waals surface area contributed by atoms with Gasteiger partial charge in [-0.3, -0.25) is 10.2 Å². The quantitative estimate of drug-likeness (QED) is 0.124. The van der Waals surface area contributed by atoms with Crippen molar-refractivity contribution >= 4 is 18.0 Å². The number of benzene rings is 1. The van der Waals surface area contributed by atoms with Gasteiger partial charge in [0.05, 0.1) is 29.8 Å². The lowest BCUT2D eigenvalue weighted by molar-refractivity contribution is -0.126. The first-order valence-electron chi connectivity index (χ1n) is 13.9. The van der Waals surface area contributed by atoms with Crippen LogP contribution in [0.5, 0.6) is 0 Å². The lowest BCUT2D eigenvalue weighted by atomic mass is 9.83. The van der Waals surface area contributed by atoms with Gasteiger partial charge >= 0.3 is 0 Å². The maximum atomic E-state index is 13.6. The van der Waals surface area contributed by atoms with Gasteiger partial charge in [0.15, 0.2) is 0 Å². The molecule has 2 N–H and O–H groups in total. The van der Waals surface area contributed by atoms with Crippen molar-refractivity contribution in [1.82, 2.24) is 20.0 Å². The van der Waals surface area contributed by atoms with Crippen LogP contribution in [0.4, 0.5) is 0 Å². The molecule has 1 aliphatic heterocycles. The van der Waals surface area contributed by atoms with Gasteiger partial charge in [-0.1, -0.05) is 69.0 Å². The van der Waals surface area contributed by atoms with E-state index in [1.54, 1.807) is 30.0 Å². The van der Waals surface area contributed by atoms with Crippen molar-refractivity contribution in [3.05, 3.63) is 102 Å². The molecule has 0 unspecified atom stereocenters. The van der Waals surface area contributed by atoms with Crippen LogP contribution in [-0.2, 0) is 19.9 Å². The summed E-state index contributed by atoms with van der Waals surface area (Å²) in [4.78, 5) is 24.3. The molecular weight excluding hydrogens is 514 g/mol. The molecular formula is C33H41N5O3. The first-order chi connectivity index (χ1) is 19.8. The summed E-state index contributed by atoms with van der Waals surface area (Å²) < 4.78 is 7.09. The third-order valence-electron chi connectivity index (χ3n) is 7.37. The Morgan fingerprint density at radius 3 is 2.59 bits per heavy atom. The van der Waals surface area contributed by atoms with E-state index in [9.17, 15) is 4.79 Å². The van der Waals surface area contributed by atoms with E-state index < -0.39 is 5.54 Å². The number of ether oxygens (including phenoxy) is 1. The fraction of sp³-hybridized carbons (Fsp3) is 0.333. The number of aldehydes is 1. The smallest absolute Gasteiger partial charge is 0.254 e. The summed E-state index contributed by atoms with van der Waals surface area (Å²) in [6, 6.07) is 11.9. The normalized spacial score (nSPS) is 16.0. The molecule has 2 heterocycles. The first-order valence-corrected chi connectivity index (χ1v) is 13.9. The molecule has 0 bridgehead atoms. The van der Waals surface area contributed by atoms with Crippen molar-refractivity contribution in [3.63, 3.8) is 0 Å². The Bertz CT molecular complexity index is 1380. The SMILES string of the molecule is C=C/C=C\C(=N)n1nc(-c2ccccc2)cc1[C@](CN1CC2=C(C=C(OC)CC2)C1=O)(NC)C(=C)CCC.CC=O. The van der Waals surface area contributed by atoms with E-state index in [2.05, 4.69) is 25.4 Å². The number of hydrogen-bond acceptors (Lipinski definition) is 6. The highest BCUT2D eigenvalue weighted by Crippen LogP contribution is 2.38. The number of rotatable bonds is 11. The molecule has 2 aliphatic rings. The predicted molar refractivity (Wildman–Crippen MR) is 165 cm³/mol. The Kier molecular flexibility index (Phi) is 10.9. The van der Waals surface area contributed by atoms with E-state index in [0.29, 0.717) is 13.1 Å². The zero-order valence-corrected chi connectivity index (χ0v) is 24.6. The zero-order valence-electron chi connectivity index (χ0n) is 24.6. The Labute approximate surface area is 243 Å². The van der Waals surface area contributed by atoms with Crippen LogP contribution in [0.25, 0.3) is 11.3 Å². The summed E-state index contributed by atoms with van der Waals surface area (Å²) in [5, 5.41) is 17.2. The number of carbonyl (C=O) groups is 2. The fourth-order valence-corrected chi connectivity index (χ4v) is 5.29. The first kappa shape index (κ1) is 31.2. The Morgan fingerprint density at radius 2 is 1.98 bits per heavy atom. The summed E-state index contributed by atoms with van der Waals surface area (Å²) in [6.45, 7) is 12.7. The molecule has 41 heavy (non-hydrogen) atoms. The van der Waals surface area contributed by atoms with Crippen LogP contribution < -0.4 is 5.32 Å². The molecule has 1 aromatic carbocycles. The summed E-state index contributed by atoms with van der Waals surface area (Å²) in [5.41, 5.74) is 4.45. The van der Waals surface area contributed by atoms with E-state index in [4.69, 9.17) is 20.0 Å². The Hall–Kier alpha value is -4.30. The van der Waals surface area contributed by atoms with Gasteiger partial charge in [-0.05, 0) is 56.2 Å². The number of methoxy groups -OCH3 is 1. The number of allylic oxidation sites excluding steroid dienone is 4. The van der Waals surface area contributed by atoms with E-state index in [1.807, 2.05) is 54.4 Å². The number of nitrogens with one attached hydrogen (secondary N) is 2. The van der Waals surface area contributed by atoms with Gasteiger partial charge in [-0.25, -0.2) is 4.68 Å². The number of carbonyl (C=O) groups excluding carboxylic acids is 2. The maximum absolute atomic E-state index is 13.6. The summed E-state index contributed by atoms with van der Waals surface area (Å²) >= 11 is 0. The van der Waals surface area contributed by atoms with Crippen molar-refractivity contribution < 1.29 is 14.3 Å².